The van der Waals surface area contributed by atoms with E-state index in [1.54, 1.807) is 19.2 Å². The first kappa shape index (κ1) is 29.4. The fourth-order valence-corrected chi connectivity index (χ4v) is 4.11. The van der Waals surface area contributed by atoms with E-state index in [9.17, 15) is 4.79 Å². The number of aryl methyl sites for hydroxylation is 1. The molecule has 7 nitrogen and oxygen atoms in total. The average molecular weight is 471 g/mol. The number of hydrogen-bond acceptors (Lipinski definition) is 7. The summed E-state index contributed by atoms with van der Waals surface area (Å²) in [6, 6.07) is 8.31. The third-order valence-corrected chi connectivity index (χ3v) is 6.34. The van der Waals surface area contributed by atoms with Gasteiger partial charge in [0.25, 0.3) is 0 Å². The van der Waals surface area contributed by atoms with E-state index in [1.165, 1.54) is 42.7 Å². The van der Waals surface area contributed by atoms with Crippen LogP contribution in [0, 0.1) is 17.8 Å². The van der Waals surface area contributed by atoms with Gasteiger partial charge < -0.3 is 21.7 Å². The van der Waals surface area contributed by atoms with Crippen molar-refractivity contribution in [1.82, 2.24) is 16.1 Å². The number of aromatic nitrogens is 2. The molecule has 34 heavy (non-hydrogen) atoms. The minimum Gasteiger partial charge on any atom is -0.386 e. The van der Waals surface area contributed by atoms with E-state index in [0.717, 1.165) is 19.6 Å². The zero-order chi connectivity index (χ0) is 24.5. The maximum absolute atomic E-state index is 10.1. The first-order valence-electron chi connectivity index (χ1n) is 12.1. The van der Waals surface area contributed by atoms with Crippen molar-refractivity contribution in [3.63, 3.8) is 0 Å². The highest BCUT2D eigenvalue weighted by atomic mass is 16.1. The summed E-state index contributed by atoms with van der Waals surface area (Å²) >= 11 is 0. The molecule has 2 heterocycles. The van der Waals surface area contributed by atoms with Crippen LogP contribution >= 0.6 is 0 Å². The monoisotopic (exact) mass is 470 g/mol. The van der Waals surface area contributed by atoms with Gasteiger partial charge in [-0.2, -0.15) is 0 Å². The molecule has 1 saturated heterocycles. The van der Waals surface area contributed by atoms with E-state index in [4.69, 9.17) is 0 Å². The summed E-state index contributed by atoms with van der Waals surface area (Å²) in [5.41, 5.74) is 5.06. The highest BCUT2D eigenvalue weighted by Gasteiger charge is 2.26. The average Bonchev–Trinajstić information content (AvgIpc) is 2.78. The fourth-order valence-electron chi connectivity index (χ4n) is 4.11. The molecular formula is C27H46N6O. The summed E-state index contributed by atoms with van der Waals surface area (Å²) < 4.78 is 0. The summed E-state index contributed by atoms with van der Waals surface area (Å²) in [4.78, 5) is 20.2. The van der Waals surface area contributed by atoms with Gasteiger partial charge in [0.05, 0.1) is 11.4 Å². The molecule has 1 aromatic heterocycles. The maximum atomic E-state index is 10.1. The lowest BCUT2D eigenvalue weighted by molar-refractivity contribution is 0.111. The van der Waals surface area contributed by atoms with Crippen LogP contribution in [-0.2, 0) is 0 Å². The largest absolute Gasteiger partial charge is 0.386 e. The van der Waals surface area contributed by atoms with Crippen LogP contribution in [0.15, 0.2) is 30.5 Å². The number of carbonyl (C=O) groups is 1. The van der Waals surface area contributed by atoms with Crippen LogP contribution in [0.25, 0.3) is 0 Å². The molecule has 0 amide bonds. The van der Waals surface area contributed by atoms with Crippen LogP contribution in [0.1, 0.15) is 76.6 Å². The Labute approximate surface area is 206 Å². The lowest BCUT2D eigenvalue weighted by Crippen LogP contribution is -2.37. The van der Waals surface area contributed by atoms with E-state index in [2.05, 4.69) is 78.3 Å². The molecule has 7 heteroatoms. The first-order valence-corrected chi connectivity index (χ1v) is 12.1. The van der Waals surface area contributed by atoms with Crippen molar-refractivity contribution in [1.29, 1.82) is 0 Å². The fraction of sp³-hybridized carbons (Fsp3) is 0.593. The maximum Gasteiger partial charge on any atom is 0.168 e. The molecule has 1 aliphatic rings. The van der Waals surface area contributed by atoms with Crippen molar-refractivity contribution in [3.8, 4) is 0 Å². The molecule has 1 fully saturated rings. The van der Waals surface area contributed by atoms with Crippen molar-refractivity contribution in [3.05, 3.63) is 42.0 Å². The molecule has 3 rings (SSSR count). The lowest BCUT2D eigenvalue weighted by Gasteiger charge is -2.39. The molecule has 2 aromatic rings. The molecule has 0 bridgehead atoms. The predicted octanol–water partition coefficient (Wildman–Crippen LogP) is 6.35. The Bertz CT molecular complexity index is 886. The van der Waals surface area contributed by atoms with Gasteiger partial charge in [0.2, 0.25) is 0 Å². The second kappa shape index (κ2) is 13.3. The number of aldehydes is 1. The first-order chi connectivity index (χ1) is 15.6. The second-order valence-electron chi connectivity index (χ2n) is 10.5. The zero-order valence-electron chi connectivity index (χ0n) is 22.4. The van der Waals surface area contributed by atoms with Crippen LogP contribution in [0.4, 0.5) is 17.1 Å². The smallest absolute Gasteiger partial charge is 0.168 e. The highest BCUT2D eigenvalue weighted by molar-refractivity contribution is 5.75. The Morgan fingerprint density at radius 3 is 2.38 bits per heavy atom. The summed E-state index contributed by atoms with van der Waals surface area (Å²) in [6.45, 7) is 16.8. The van der Waals surface area contributed by atoms with Gasteiger partial charge in [0.1, 0.15) is 11.5 Å². The third kappa shape index (κ3) is 9.29. The molecule has 190 valence electrons. The SMILES string of the molecule is CCCC(C)(C)CNc1ccc(NC)c(N2CCC(C)(C)CC2)c1.Cc1nccc(C=O)n1.N. The minimum atomic E-state index is 0. The van der Waals surface area contributed by atoms with E-state index in [-0.39, 0.29) is 6.15 Å². The standard InChI is InChI=1S/C21H37N3.C6H6N2O.H3N/c1-7-10-21(4,5)16-23-17-8-9-18(22-6)19(15-17)24-13-11-20(2,3)12-14-24;1-5-7-3-2-6(4-9)8-5;/h8-9,15,22-23H,7,10-14,16H2,1-6H3;2-4H,1H3;1H3. The molecule has 5 N–H and O–H groups in total. The molecule has 0 spiro atoms. The number of nitrogens with one attached hydrogen (secondary N) is 2. The minimum absolute atomic E-state index is 0. The number of hydrogen-bond donors (Lipinski definition) is 3. The van der Waals surface area contributed by atoms with Crippen LogP contribution in [-0.4, -0.2) is 42.9 Å². The number of anilines is 3. The van der Waals surface area contributed by atoms with Gasteiger partial charge in [0.15, 0.2) is 6.29 Å². The molecule has 0 unspecified atom stereocenters. The van der Waals surface area contributed by atoms with Crippen molar-refractivity contribution in [2.45, 2.75) is 67.2 Å². The van der Waals surface area contributed by atoms with Crippen LogP contribution in [0.5, 0.6) is 0 Å². The Morgan fingerprint density at radius 1 is 1.18 bits per heavy atom. The molecular weight excluding hydrogens is 424 g/mol. The Hall–Kier alpha value is -2.67. The number of piperidine rings is 1. The van der Waals surface area contributed by atoms with E-state index >= 15 is 0 Å². The number of benzene rings is 1. The van der Waals surface area contributed by atoms with Crippen LogP contribution in [0.3, 0.4) is 0 Å². The van der Waals surface area contributed by atoms with E-state index in [1.807, 2.05) is 7.05 Å². The number of nitrogens with zero attached hydrogens (tertiary/aromatic N) is 3. The summed E-state index contributed by atoms with van der Waals surface area (Å²) in [5.74, 6) is 0.625. The predicted molar refractivity (Wildman–Crippen MR) is 146 cm³/mol. The molecule has 1 aliphatic heterocycles. The molecule has 1 aromatic carbocycles. The van der Waals surface area contributed by atoms with Gasteiger partial charge in [0, 0.05) is 38.6 Å². The van der Waals surface area contributed by atoms with Gasteiger partial charge in [-0.3, -0.25) is 4.79 Å². The zero-order valence-corrected chi connectivity index (χ0v) is 22.4. The molecule has 0 aliphatic carbocycles. The number of rotatable bonds is 8. The van der Waals surface area contributed by atoms with Crippen LogP contribution in [0.2, 0.25) is 0 Å². The molecule has 0 radical (unpaired) electrons. The van der Waals surface area contributed by atoms with Gasteiger partial charge in [-0.25, -0.2) is 9.97 Å². The highest BCUT2D eigenvalue weighted by Crippen LogP contribution is 2.36. The van der Waals surface area contributed by atoms with Gasteiger partial charge >= 0.3 is 0 Å². The number of carbonyl (C=O) groups excluding carboxylic acids is 1. The van der Waals surface area contributed by atoms with Gasteiger partial charge in [-0.05, 0) is 61.3 Å². The summed E-state index contributed by atoms with van der Waals surface area (Å²) in [7, 11) is 2.02. The Balaban J connectivity index is 0.000000486. The normalized spacial score (nSPS) is 14.9. The lowest BCUT2D eigenvalue weighted by atomic mass is 9.82. The van der Waals surface area contributed by atoms with Gasteiger partial charge in [-0.15, -0.1) is 0 Å². The third-order valence-electron chi connectivity index (χ3n) is 6.34. The Morgan fingerprint density at radius 2 is 1.85 bits per heavy atom. The van der Waals surface area contributed by atoms with Crippen molar-refractivity contribution in [2.24, 2.45) is 10.8 Å². The summed E-state index contributed by atoms with van der Waals surface area (Å²) in [5, 5.41) is 7.03. The van der Waals surface area contributed by atoms with Crippen molar-refractivity contribution < 1.29 is 4.79 Å². The van der Waals surface area contributed by atoms with Gasteiger partial charge in [-0.1, -0.05) is 41.0 Å². The molecule has 0 atom stereocenters. The van der Waals surface area contributed by atoms with Crippen molar-refractivity contribution in [2.75, 3.05) is 42.2 Å². The van der Waals surface area contributed by atoms with E-state index in [0.29, 0.717) is 28.6 Å². The topological polar surface area (TPSA) is 105 Å². The second-order valence-corrected chi connectivity index (χ2v) is 10.5. The summed E-state index contributed by atoms with van der Waals surface area (Å²) in [6.07, 6.45) is 7.28. The van der Waals surface area contributed by atoms with E-state index < -0.39 is 0 Å². The van der Waals surface area contributed by atoms with Crippen molar-refractivity contribution >= 4 is 23.3 Å². The quantitative estimate of drug-likeness (QED) is 0.386. The van der Waals surface area contributed by atoms with Crippen LogP contribution < -0.4 is 21.7 Å². The Kier molecular flexibility index (Phi) is 11.5. The molecule has 0 saturated carbocycles.